The number of hydrogen-bond acceptors (Lipinski definition) is 5. The second-order valence-electron chi connectivity index (χ2n) is 5.84. The Morgan fingerprint density at radius 1 is 1.30 bits per heavy atom. The van der Waals surface area contributed by atoms with E-state index in [2.05, 4.69) is 43.0 Å². The van der Waals surface area contributed by atoms with Gasteiger partial charge in [-0.05, 0) is 24.9 Å². The van der Waals surface area contributed by atoms with Gasteiger partial charge in [0.2, 0.25) is 5.91 Å². The van der Waals surface area contributed by atoms with Gasteiger partial charge in [-0.1, -0.05) is 42.0 Å². The summed E-state index contributed by atoms with van der Waals surface area (Å²) in [7, 11) is 0. The largest absolute Gasteiger partial charge is 0.354 e. The Hall–Kier alpha value is -2.28. The van der Waals surface area contributed by atoms with Crippen molar-refractivity contribution in [1.29, 1.82) is 0 Å². The van der Waals surface area contributed by atoms with Gasteiger partial charge in [-0.15, -0.1) is 10.2 Å². The van der Waals surface area contributed by atoms with E-state index in [1.54, 1.807) is 0 Å². The summed E-state index contributed by atoms with van der Waals surface area (Å²) < 4.78 is 0. The van der Waals surface area contributed by atoms with E-state index >= 15 is 0 Å². The molecule has 0 bridgehead atoms. The normalized spacial score (nSPS) is 18.7. The lowest BCUT2D eigenvalue weighted by atomic mass is 10.0. The van der Waals surface area contributed by atoms with Crippen molar-refractivity contribution in [3.8, 4) is 0 Å². The lowest BCUT2D eigenvalue weighted by molar-refractivity contribution is -0.127. The van der Waals surface area contributed by atoms with Crippen LogP contribution in [-0.4, -0.2) is 50.6 Å². The summed E-state index contributed by atoms with van der Waals surface area (Å²) in [5.74, 6) is 0.721. The molecule has 1 amide bonds. The Morgan fingerprint density at radius 2 is 2.17 bits per heavy atom. The summed E-state index contributed by atoms with van der Waals surface area (Å²) in [4.78, 5) is 14.8. The molecule has 0 saturated carbocycles. The Balaban J connectivity index is 1.53. The fourth-order valence-electron chi connectivity index (χ4n) is 3.00. The second kappa shape index (κ2) is 7.82. The van der Waals surface area contributed by atoms with Crippen molar-refractivity contribution >= 4 is 5.91 Å². The molecule has 7 nitrogen and oxygen atoms in total. The molecule has 1 aliphatic heterocycles. The number of hydrogen-bond donors (Lipinski definition) is 2. The van der Waals surface area contributed by atoms with Crippen molar-refractivity contribution in [3.63, 3.8) is 0 Å². The summed E-state index contributed by atoms with van der Waals surface area (Å²) in [5.41, 5.74) is 1.25. The molecule has 2 N–H and O–H groups in total. The number of benzene rings is 1. The van der Waals surface area contributed by atoms with E-state index in [1.165, 1.54) is 5.56 Å². The van der Waals surface area contributed by atoms with Crippen LogP contribution in [0.4, 0.5) is 0 Å². The van der Waals surface area contributed by atoms with Crippen LogP contribution < -0.4 is 5.32 Å². The smallest absolute Gasteiger partial charge is 0.237 e. The van der Waals surface area contributed by atoms with Crippen LogP contribution in [0.3, 0.4) is 0 Å². The maximum atomic E-state index is 12.5. The summed E-state index contributed by atoms with van der Waals surface area (Å²) in [6, 6.07) is 10.3. The van der Waals surface area contributed by atoms with Crippen molar-refractivity contribution in [3.05, 3.63) is 41.7 Å². The quantitative estimate of drug-likeness (QED) is 0.828. The van der Waals surface area contributed by atoms with E-state index in [-0.39, 0.29) is 11.9 Å². The summed E-state index contributed by atoms with van der Waals surface area (Å²) in [6.45, 7) is 2.33. The van der Waals surface area contributed by atoms with Crippen LogP contribution in [0.2, 0.25) is 0 Å². The van der Waals surface area contributed by atoms with Gasteiger partial charge in [0.15, 0.2) is 5.82 Å². The number of likely N-dealkylation sites (tertiary alicyclic amines) is 1. The van der Waals surface area contributed by atoms with E-state index < -0.39 is 0 Å². The van der Waals surface area contributed by atoms with Crippen LogP contribution >= 0.6 is 0 Å². The van der Waals surface area contributed by atoms with Crippen molar-refractivity contribution in [2.24, 2.45) is 0 Å². The molecule has 3 rings (SSSR count). The Morgan fingerprint density at radius 3 is 2.96 bits per heavy atom. The number of aromatic nitrogens is 4. The summed E-state index contributed by atoms with van der Waals surface area (Å²) >= 11 is 0. The number of carbonyl (C=O) groups excluding carboxylic acids is 1. The van der Waals surface area contributed by atoms with Gasteiger partial charge in [-0.2, -0.15) is 5.21 Å². The molecule has 2 heterocycles. The molecule has 1 fully saturated rings. The highest BCUT2D eigenvalue weighted by Crippen LogP contribution is 2.19. The predicted molar refractivity (Wildman–Crippen MR) is 85.4 cm³/mol. The lowest BCUT2D eigenvalue weighted by Crippen LogP contribution is -2.49. The molecule has 23 heavy (non-hydrogen) atoms. The molecule has 1 aromatic heterocycles. The molecule has 1 saturated heterocycles. The van der Waals surface area contributed by atoms with Gasteiger partial charge < -0.3 is 5.32 Å². The van der Waals surface area contributed by atoms with E-state index in [4.69, 9.17) is 0 Å². The zero-order chi connectivity index (χ0) is 15.9. The third kappa shape index (κ3) is 4.35. The topological polar surface area (TPSA) is 86.8 Å². The molecule has 0 aliphatic carbocycles. The standard InChI is InChI=1S/C16H22N6O/c23-16(17-10-9-15-18-20-21-19-15)14-8-4-5-11-22(14)12-13-6-2-1-3-7-13/h1-3,6-7,14H,4-5,8-12H2,(H,17,23)(H,18,19,20,21)/t14-/m0/s1. The van der Waals surface area contributed by atoms with Crippen molar-refractivity contribution < 1.29 is 4.79 Å². The SMILES string of the molecule is O=C(NCCc1nn[nH]n1)[C@@H]1CCCCN1Cc1ccccc1. The highest BCUT2D eigenvalue weighted by Gasteiger charge is 2.28. The molecular formula is C16H22N6O. The third-order valence-corrected chi connectivity index (χ3v) is 4.18. The first-order valence-electron chi connectivity index (χ1n) is 8.11. The number of H-pyrrole nitrogens is 1. The van der Waals surface area contributed by atoms with Gasteiger partial charge in [0.05, 0.1) is 6.04 Å². The molecule has 0 unspecified atom stereocenters. The predicted octanol–water partition coefficient (Wildman–Crippen LogP) is 0.913. The maximum Gasteiger partial charge on any atom is 0.237 e. The zero-order valence-electron chi connectivity index (χ0n) is 13.1. The minimum absolute atomic E-state index is 0.0470. The zero-order valence-corrected chi connectivity index (χ0v) is 13.1. The maximum absolute atomic E-state index is 12.5. The average Bonchev–Trinajstić information content (AvgIpc) is 3.09. The molecule has 0 radical (unpaired) electrons. The van der Waals surface area contributed by atoms with Gasteiger partial charge in [-0.25, -0.2) is 0 Å². The minimum Gasteiger partial charge on any atom is -0.354 e. The van der Waals surface area contributed by atoms with Crippen LogP contribution in [0.5, 0.6) is 0 Å². The first kappa shape index (κ1) is 15.6. The summed E-state index contributed by atoms with van der Waals surface area (Å²) in [6.07, 6.45) is 3.77. The third-order valence-electron chi connectivity index (χ3n) is 4.18. The van der Waals surface area contributed by atoms with Gasteiger partial charge in [0.25, 0.3) is 0 Å². The van der Waals surface area contributed by atoms with Gasteiger partial charge in [-0.3, -0.25) is 9.69 Å². The van der Waals surface area contributed by atoms with Crippen molar-refractivity contribution in [2.45, 2.75) is 38.3 Å². The number of amides is 1. The highest BCUT2D eigenvalue weighted by atomic mass is 16.2. The number of rotatable bonds is 6. The van der Waals surface area contributed by atoms with Crippen LogP contribution in [0.25, 0.3) is 0 Å². The monoisotopic (exact) mass is 314 g/mol. The number of aromatic amines is 1. The van der Waals surface area contributed by atoms with Crippen molar-refractivity contribution in [2.75, 3.05) is 13.1 Å². The molecule has 1 aliphatic rings. The Bertz CT molecular complexity index is 600. The molecule has 2 aromatic rings. The number of tetrazole rings is 1. The lowest BCUT2D eigenvalue weighted by Gasteiger charge is -2.34. The first-order chi connectivity index (χ1) is 11.3. The fraction of sp³-hybridized carbons (Fsp3) is 0.500. The van der Waals surface area contributed by atoms with E-state index in [0.717, 1.165) is 32.4 Å². The number of nitrogens with zero attached hydrogens (tertiary/aromatic N) is 4. The van der Waals surface area contributed by atoms with Crippen LogP contribution in [-0.2, 0) is 17.8 Å². The van der Waals surface area contributed by atoms with Crippen LogP contribution in [0.15, 0.2) is 30.3 Å². The van der Waals surface area contributed by atoms with Gasteiger partial charge in [0.1, 0.15) is 0 Å². The average molecular weight is 314 g/mol. The molecule has 7 heteroatoms. The van der Waals surface area contributed by atoms with E-state index in [0.29, 0.717) is 18.8 Å². The Kier molecular flexibility index (Phi) is 5.31. The van der Waals surface area contributed by atoms with Gasteiger partial charge >= 0.3 is 0 Å². The molecule has 1 atom stereocenters. The number of carbonyl (C=O) groups is 1. The number of nitrogens with one attached hydrogen (secondary N) is 2. The fourth-order valence-corrected chi connectivity index (χ4v) is 3.00. The minimum atomic E-state index is -0.0470. The van der Waals surface area contributed by atoms with Crippen LogP contribution in [0, 0.1) is 0 Å². The second-order valence-corrected chi connectivity index (χ2v) is 5.84. The molecule has 1 aromatic carbocycles. The van der Waals surface area contributed by atoms with E-state index in [9.17, 15) is 4.79 Å². The first-order valence-corrected chi connectivity index (χ1v) is 8.11. The molecular weight excluding hydrogens is 292 g/mol. The highest BCUT2D eigenvalue weighted by molar-refractivity contribution is 5.81. The van der Waals surface area contributed by atoms with Gasteiger partial charge in [0, 0.05) is 19.5 Å². The summed E-state index contributed by atoms with van der Waals surface area (Å²) in [5, 5.41) is 16.7. The molecule has 122 valence electrons. The molecule has 0 spiro atoms. The Labute approximate surface area is 135 Å². The van der Waals surface area contributed by atoms with Crippen LogP contribution in [0.1, 0.15) is 30.7 Å². The van der Waals surface area contributed by atoms with Crippen molar-refractivity contribution in [1.82, 2.24) is 30.8 Å². The number of piperidine rings is 1. The van der Waals surface area contributed by atoms with E-state index in [1.807, 2.05) is 18.2 Å².